The molecule has 23 heavy (non-hydrogen) atoms. The summed E-state index contributed by atoms with van der Waals surface area (Å²) in [5.74, 6) is -1.63. The van der Waals surface area contributed by atoms with Gasteiger partial charge in [-0.2, -0.15) is 18.3 Å². The minimum Gasteiger partial charge on any atom is -0.459 e. The molecule has 2 rings (SSSR count). The molecule has 2 aromatic rings. The number of benzene rings is 1. The Hall–Kier alpha value is -2.64. The lowest BCUT2D eigenvalue weighted by Gasteiger charge is -2.14. The van der Waals surface area contributed by atoms with Crippen LogP contribution in [0.5, 0.6) is 0 Å². The molecule has 1 heterocycles. The molecule has 0 aliphatic heterocycles. The van der Waals surface area contributed by atoms with Gasteiger partial charge < -0.3 is 4.74 Å². The second-order valence-electron chi connectivity index (χ2n) is 4.79. The highest BCUT2D eigenvalue weighted by Crippen LogP contribution is 2.28. The van der Waals surface area contributed by atoms with Gasteiger partial charge in [-0.15, -0.1) is 0 Å². The summed E-state index contributed by atoms with van der Waals surface area (Å²) in [6, 6.07) is 7.85. The Morgan fingerprint density at radius 3 is 2.39 bits per heavy atom. The average molecular weight is 326 g/mol. The zero-order valence-electron chi connectivity index (χ0n) is 12.1. The lowest BCUT2D eigenvalue weighted by molar-refractivity contribution is -0.153. The lowest BCUT2D eigenvalue weighted by atomic mass is 10.2. The van der Waals surface area contributed by atoms with Crippen molar-refractivity contribution in [3.05, 3.63) is 53.9 Å². The van der Waals surface area contributed by atoms with Gasteiger partial charge in [0.2, 0.25) is 6.04 Å². The molecule has 5 nitrogen and oxygen atoms in total. The number of halogens is 3. The number of hydrogen-bond acceptors (Lipinski definition) is 4. The highest BCUT2D eigenvalue weighted by molar-refractivity contribution is 5.99. The molecule has 1 atom stereocenters. The molecular weight excluding hydrogens is 313 g/mol. The molecular formula is C15H13F3N2O3. The predicted octanol–water partition coefficient (Wildman–Crippen LogP) is 2.78. The second-order valence-corrected chi connectivity index (χ2v) is 4.79. The summed E-state index contributed by atoms with van der Waals surface area (Å²) >= 11 is 0. The Bertz CT molecular complexity index is 695. The van der Waals surface area contributed by atoms with Crippen LogP contribution < -0.4 is 0 Å². The average Bonchev–Trinajstić information content (AvgIpc) is 2.95. The quantitative estimate of drug-likeness (QED) is 0.626. The molecule has 0 amide bonds. The van der Waals surface area contributed by atoms with Crippen LogP contribution in [0.15, 0.2) is 42.6 Å². The summed E-state index contributed by atoms with van der Waals surface area (Å²) in [5.41, 5.74) is -0.487. The third-order valence-corrected chi connectivity index (χ3v) is 3.00. The van der Waals surface area contributed by atoms with Crippen molar-refractivity contribution in [3.8, 4) is 0 Å². The molecule has 0 saturated heterocycles. The van der Waals surface area contributed by atoms with Crippen molar-refractivity contribution in [2.45, 2.75) is 25.7 Å². The van der Waals surface area contributed by atoms with Gasteiger partial charge in [-0.1, -0.05) is 30.3 Å². The minimum atomic E-state index is -4.65. The highest BCUT2D eigenvalue weighted by Gasteiger charge is 2.36. The number of aromatic nitrogens is 2. The van der Waals surface area contributed by atoms with Gasteiger partial charge in [0.1, 0.15) is 6.61 Å². The third kappa shape index (κ3) is 4.18. The zero-order valence-corrected chi connectivity index (χ0v) is 12.1. The summed E-state index contributed by atoms with van der Waals surface area (Å²) in [5, 5.41) is 3.25. The maximum atomic E-state index is 12.6. The van der Waals surface area contributed by atoms with E-state index in [4.69, 9.17) is 4.74 Å². The number of hydrogen-bond donors (Lipinski definition) is 0. The van der Waals surface area contributed by atoms with E-state index in [-0.39, 0.29) is 6.61 Å². The van der Waals surface area contributed by atoms with Crippen LogP contribution in [-0.4, -0.2) is 21.5 Å². The first-order chi connectivity index (χ1) is 10.8. The first-order valence-electron chi connectivity index (χ1n) is 6.62. The highest BCUT2D eigenvalue weighted by atomic mass is 19.4. The van der Waals surface area contributed by atoms with E-state index in [1.54, 1.807) is 30.3 Å². The third-order valence-electron chi connectivity index (χ3n) is 3.00. The molecule has 1 unspecified atom stereocenters. The maximum Gasteiger partial charge on any atom is 0.435 e. The van der Waals surface area contributed by atoms with E-state index < -0.39 is 29.7 Å². The van der Waals surface area contributed by atoms with Gasteiger partial charge in [-0.05, 0) is 18.6 Å². The summed E-state index contributed by atoms with van der Waals surface area (Å²) in [6.07, 6.45) is -3.72. The van der Waals surface area contributed by atoms with Crippen molar-refractivity contribution in [1.29, 1.82) is 0 Å². The van der Waals surface area contributed by atoms with Crippen molar-refractivity contribution in [2.75, 3.05) is 0 Å². The van der Waals surface area contributed by atoms with E-state index in [1.807, 2.05) is 0 Å². The van der Waals surface area contributed by atoms with Gasteiger partial charge in [0.15, 0.2) is 11.5 Å². The largest absolute Gasteiger partial charge is 0.459 e. The van der Waals surface area contributed by atoms with Crippen molar-refractivity contribution in [2.24, 2.45) is 0 Å². The van der Waals surface area contributed by atoms with Gasteiger partial charge in [0, 0.05) is 6.20 Å². The maximum absolute atomic E-state index is 12.6. The fraction of sp³-hybridized carbons (Fsp3) is 0.267. The molecule has 0 fully saturated rings. The van der Waals surface area contributed by atoms with Crippen LogP contribution in [0.1, 0.15) is 24.2 Å². The van der Waals surface area contributed by atoms with Crippen LogP contribution in [0.4, 0.5) is 13.2 Å². The normalized spacial score (nSPS) is 12.7. The molecule has 0 radical (unpaired) electrons. The predicted molar refractivity (Wildman–Crippen MR) is 73.2 cm³/mol. The van der Waals surface area contributed by atoms with Crippen molar-refractivity contribution < 1.29 is 27.5 Å². The monoisotopic (exact) mass is 326 g/mol. The summed E-state index contributed by atoms with van der Waals surface area (Å²) in [7, 11) is 0. The number of rotatable bonds is 5. The van der Waals surface area contributed by atoms with Crippen LogP contribution in [0.3, 0.4) is 0 Å². The number of carbonyl (C=O) groups excluding carboxylic acids is 2. The molecule has 0 saturated carbocycles. The van der Waals surface area contributed by atoms with E-state index in [0.29, 0.717) is 16.3 Å². The molecule has 8 heteroatoms. The zero-order chi connectivity index (χ0) is 17.0. The van der Waals surface area contributed by atoms with Crippen molar-refractivity contribution in [3.63, 3.8) is 0 Å². The van der Waals surface area contributed by atoms with E-state index in [2.05, 4.69) is 5.10 Å². The standard InChI is InChI=1S/C15H13F3N2O3/c1-10(21)13(20-8-7-12(19-20)15(16,17)18)14(22)23-9-11-5-3-2-4-6-11/h2-8,13H,9H2,1H3. The van der Waals surface area contributed by atoms with Gasteiger partial charge in [-0.3, -0.25) is 9.48 Å². The van der Waals surface area contributed by atoms with Crippen LogP contribution in [0.2, 0.25) is 0 Å². The van der Waals surface area contributed by atoms with E-state index in [9.17, 15) is 22.8 Å². The molecule has 1 aromatic heterocycles. The number of esters is 1. The van der Waals surface area contributed by atoms with Gasteiger partial charge in [0.05, 0.1) is 0 Å². The van der Waals surface area contributed by atoms with Gasteiger partial charge in [0.25, 0.3) is 0 Å². The summed E-state index contributed by atoms with van der Waals surface area (Å²) in [4.78, 5) is 23.6. The number of nitrogens with zero attached hydrogens (tertiary/aromatic N) is 2. The molecule has 1 aromatic carbocycles. The van der Waals surface area contributed by atoms with Crippen LogP contribution >= 0.6 is 0 Å². The Morgan fingerprint density at radius 1 is 1.22 bits per heavy atom. The first-order valence-corrected chi connectivity index (χ1v) is 6.62. The van der Waals surface area contributed by atoms with E-state index in [0.717, 1.165) is 13.1 Å². The van der Waals surface area contributed by atoms with Crippen LogP contribution in [-0.2, 0) is 27.1 Å². The fourth-order valence-electron chi connectivity index (χ4n) is 1.90. The van der Waals surface area contributed by atoms with Gasteiger partial charge in [-0.25, -0.2) is 4.79 Å². The first kappa shape index (κ1) is 16.7. The van der Waals surface area contributed by atoms with Crippen LogP contribution in [0.25, 0.3) is 0 Å². The summed E-state index contributed by atoms with van der Waals surface area (Å²) < 4.78 is 43.3. The second kappa shape index (κ2) is 6.64. The number of alkyl halides is 3. The number of carbonyl (C=O) groups is 2. The van der Waals surface area contributed by atoms with E-state index in [1.165, 1.54) is 0 Å². The van der Waals surface area contributed by atoms with E-state index >= 15 is 0 Å². The van der Waals surface area contributed by atoms with Crippen LogP contribution in [0, 0.1) is 0 Å². The topological polar surface area (TPSA) is 61.2 Å². The fourth-order valence-corrected chi connectivity index (χ4v) is 1.90. The SMILES string of the molecule is CC(=O)C(C(=O)OCc1ccccc1)n1ccc(C(F)(F)F)n1. The lowest BCUT2D eigenvalue weighted by Crippen LogP contribution is -2.28. The molecule has 0 spiro atoms. The Morgan fingerprint density at radius 2 is 1.87 bits per heavy atom. The molecule has 0 aliphatic rings. The number of Topliss-reactive ketones (excluding diaryl/α,β-unsaturated/α-hetero) is 1. The Labute approximate surface area is 129 Å². The molecule has 0 N–H and O–H groups in total. The van der Waals surface area contributed by atoms with Crippen molar-refractivity contribution >= 4 is 11.8 Å². The molecule has 122 valence electrons. The Balaban J connectivity index is 2.13. The number of ketones is 1. The smallest absolute Gasteiger partial charge is 0.435 e. The molecule has 0 aliphatic carbocycles. The minimum absolute atomic E-state index is 0.0865. The summed E-state index contributed by atoms with van der Waals surface area (Å²) in [6.45, 7) is 1.00. The number of ether oxygens (including phenoxy) is 1. The Kier molecular flexibility index (Phi) is 4.83. The van der Waals surface area contributed by atoms with Gasteiger partial charge >= 0.3 is 12.1 Å². The van der Waals surface area contributed by atoms with Crippen molar-refractivity contribution in [1.82, 2.24) is 9.78 Å². The molecule has 0 bridgehead atoms.